The number of fused-ring (bicyclic) bond motifs is 3. The first-order valence-electron chi connectivity index (χ1n) is 10.5. The second-order valence-electron chi connectivity index (χ2n) is 7.31. The molecule has 0 atom stereocenters. The van der Waals surface area contributed by atoms with Gasteiger partial charge in [0.05, 0.1) is 17.6 Å². The standard InChI is InChI=1S/C23H28N6OS/c1-30-16-13-20-27-21-22(18-11-5-6-12-19(18)26-23(21)24)29(20)15-8-7-14-25-31-28-17-9-3-2-4-10-17/h2-6,9-12,25,28H,7-8,13-16H2,1H3,(H2,24,26). The molecule has 2 heterocycles. The number of unbranched alkanes of at least 4 members (excludes halogenated alkanes) is 1. The van der Waals surface area contributed by atoms with Crippen molar-refractivity contribution in [3.8, 4) is 0 Å². The van der Waals surface area contributed by atoms with Crippen LogP contribution in [-0.4, -0.2) is 34.8 Å². The summed E-state index contributed by atoms with van der Waals surface area (Å²) in [4.78, 5) is 9.37. The van der Waals surface area contributed by atoms with Gasteiger partial charge in [-0.2, -0.15) is 0 Å². The molecule has 0 amide bonds. The Morgan fingerprint density at radius 1 is 1.03 bits per heavy atom. The van der Waals surface area contributed by atoms with Crippen LogP contribution in [0.15, 0.2) is 54.6 Å². The first-order valence-corrected chi connectivity index (χ1v) is 11.3. The van der Waals surface area contributed by atoms with Gasteiger partial charge in [0.15, 0.2) is 5.82 Å². The van der Waals surface area contributed by atoms with Gasteiger partial charge in [0.2, 0.25) is 0 Å². The molecule has 0 aliphatic carbocycles. The summed E-state index contributed by atoms with van der Waals surface area (Å²) in [5, 5.41) is 1.09. The molecule has 0 fully saturated rings. The number of methoxy groups -OCH3 is 1. The van der Waals surface area contributed by atoms with Crippen molar-refractivity contribution in [1.29, 1.82) is 0 Å². The van der Waals surface area contributed by atoms with Gasteiger partial charge >= 0.3 is 0 Å². The molecule has 0 spiro atoms. The smallest absolute Gasteiger partial charge is 0.152 e. The van der Waals surface area contributed by atoms with Crippen LogP contribution >= 0.6 is 12.1 Å². The van der Waals surface area contributed by atoms with Gasteiger partial charge in [0.1, 0.15) is 11.3 Å². The highest BCUT2D eigenvalue weighted by molar-refractivity contribution is 7.98. The number of aromatic nitrogens is 3. The predicted molar refractivity (Wildman–Crippen MR) is 130 cm³/mol. The summed E-state index contributed by atoms with van der Waals surface area (Å²) >= 11 is 1.51. The second kappa shape index (κ2) is 10.5. The minimum atomic E-state index is 0.483. The van der Waals surface area contributed by atoms with E-state index in [0.717, 1.165) is 65.8 Å². The highest BCUT2D eigenvalue weighted by Gasteiger charge is 2.16. The molecule has 4 N–H and O–H groups in total. The summed E-state index contributed by atoms with van der Waals surface area (Å²) in [6.07, 6.45) is 2.82. The minimum absolute atomic E-state index is 0.483. The number of nitrogens with one attached hydrogen (secondary N) is 2. The zero-order valence-corrected chi connectivity index (χ0v) is 18.5. The van der Waals surface area contributed by atoms with E-state index in [1.807, 2.05) is 48.5 Å². The van der Waals surface area contributed by atoms with Crippen LogP contribution in [0.2, 0.25) is 0 Å². The van der Waals surface area contributed by atoms with Crippen LogP contribution < -0.4 is 15.2 Å². The van der Waals surface area contributed by atoms with Gasteiger partial charge in [0.25, 0.3) is 0 Å². The fourth-order valence-corrected chi connectivity index (χ4v) is 4.22. The first-order chi connectivity index (χ1) is 15.3. The number of rotatable bonds is 11. The number of benzene rings is 2. The maximum Gasteiger partial charge on any atom is 0.152 e. The van der Waals surface area contributed by atoms with Gasteiger partial charge in [0, 0.05) is 49.8 Å². The molecule has 0 aliphatic rings. The van der Waals surface area contributed by atoms with Crippen LogP contribution in [0, 0.1) is 0 Å². The average molecular weight is 437 g/mol. The normalized spacial score (nSPS) is 11.4. The van der Waals surface area contributed by atoms with Crippen molar-refractivity contribution in [3.05, 3.63) is 60.4 Å². The van der Waals surface area contributed by atoms with E-state index < -0.39 is 0 Å². The molecule has 0 unspecified atom stereocenters. The fourth-order valence-electron chi connectivity index (χ4n) is 3.65. The first kappa shape index (κ1) is 21.4. The largest absolute Gasteiger partial charge is 0.384 e. The maximum absolute atomic E-state index is 6.25. The van der Waals surface area contributed by atoms with Gasteiger partial charge < -0.3 is 19.8 Å². The molecule has 0 saturated carbocycles. The zero-order valence-electron chi connectivity index (χ0n) is 17.7. The number of pyridine rings is 1. The lowest BCUT2D eigenvalue weighted by Crippen LogP contribution is -2.11. The molecule has 162 valence electrons. The van der Waals surface area contributed by atoms with Crippen LogP contribution in [0.1, 0.15) is 18.7 Å². The van der Waals surface area contributed by atoms with E-state index in [1.165, 1.54) is 12.1 Å². The van der Waals surface area contributed by atoms with Crippen molar-refractivity contribution in [3.63, 3.8) is 0 Å². The van der Waals surface area contributed by atoms with Crippen molar-refractivity contribution in [2.75, 3.05) is 30.7 Å². The predicted octanol–water partition coefficient (Wildman–Crippen LogP) is 4.40. The lowest BCUT2D eigenvalue weighted by atomic mass is 10.2. The Morgan fingerprint density at radius 3 is 2.68 bits per heavy atom. The molecular formula is C23H28N6OS. The van der Waals surface area contributed by atoms with Crippen molar-refractivity contribution in [1.82, 2.24) is 19.3 Å². The Balaban J connectivity index is 1.43. The third kappa shape index (κ3) is 5.10. The van der Waals surface area contributed by atoms with Crippen molar-refractivity contribution >= 4 is 45.6 Å². The number of ether oxygens (including phenoxy) is 1. The summed E-state index contributed by atoms with van der Waals surface area (Å²) < 4.78 is 14.3. The van der Waals surface area contributed by atoms with E-state index in [2.05, 4.69) is 25.1 Å². The van der Waals surface area contributed by atoms with Crippen LogP contribution in [-0.2, 0) is 17.7 Å². The molecule has 0 saturated heterocycles. The number of aryl methyl sites for hydroxylation is 1. The molecule has 0 radical (unpaired) electrons. The molecule has 0 bridgehead atoms. The lowest BCUT2D eigenvalue weighted by molar-refractivity contribution is 0.199. The molecule has 4 rings (SSSR count). The Bertz CT molecular complexity index is 1130. The van der Waals surface area contributed by atoms with Crippen LogP contribution in [0.5, 0.6) is 0 Å². The summed E-state index contributed by atoms with van der Waals surface area (Å²) in [5.74, 6) is 1.48. The molecular weight excluding hydrogens is 408 g/mol. The highest BCUT2D eigenvalue weighted by atomic mass is 32.2. The van der Waals surface area contributed by atoms with Crippen LogP contribution in [0.3, 0.4) is 0 Å². The third-order valence-electron chi connectivity index (χ3n) is 5.14. The van der Waals surface area contributed by atoms with E-state index >= 15 is 0 Å². The Morgan fingerprint density at radius 2 is 1.84 bits per heavy atom. The molecule has 8 heteroatoms. The van der Waals surface area contributed by atoms with Crippen LogP contribution in [0.25, 0.3) is 21.9 Å². The number of hydrogen-bond donors (Lipinski definition) is 3. The summed E-state index contributed by atoms with van der Waals surface area (Å²) in [6.45, 7) is 2.41. The van der Waals surface area contributed by atoms with Gasteiger partial charge in [-0.15, -0.1) is 0 Å². The van der Waals surface area contributed by atoms with E-state index in [0.29, 0.717) is 12.4 Å². The zero-order chi connectivity index (χ0) is 21.5. The Hall–Kier alpha value is -2.81. The quantitative estimate of drug-likeness (QED) is 0.237. The van der Waals surface area contributed by atoms with E-state index in [-0.39, 0.29) is 0 Å². The van der Waals surface area contributed by atoms with Gasteiger partial charge in [-0.05, 0) is 31.0 Å². The number of para-hydroxylation sites is 2. The summed E-state index contributed by atoms with van der Waals surface area (Å²) in [6, 6.07) is 18.3. The van der Waals surface area contributed by atoms with Gasteiger partial charge in [-0.1, -0.05) is 36.4 Å². The maximum atomic E-state index is 6.25. The number of anilines is 2. The average Bonchev–Trinajstić information content (AvgIpc) is 3.17. The number of nitrogens with zero attached hydrogens (tertiary/aromatic N) is 3. The van der Waals surface area contributed by atoms with Crippen molar-refractivity contribution < 1.29 is 4.74 Å². The molecule has 0 aliphatic heterocycles. The third-order valence-corrected chi connectivity index (χ3v) is 5.83. The molecule has 31 heavy (non-hydrogen) atoms. The molecule has 7 nitrogen and oxygen atoms in total. The summed E-state index contributed by atoms with van der Waals surface area (Å²) in [5.41, 5.74) is 10.1. The highest BCUT2D eigenvalue weighted by Crippen LogP contribution is 2.29. The molecule has 2 aromatic heterocycles. The molecule has 4 aromatic rings. The number of nitrogens with two attached hydrogens (primary N) is 1. The summed E-state index contributed by atoms with van der Waals surface area (Å²) in [7, 11) is 1.71. The van der Waals surface area contributed by atoms with E-state index in [1.54, 1.807) is 7.11 Å². The van der Waals surface area contributed by atoms with Crippen LogP contribution in [0.4, 0.5) is 11.5 Å². The minimum Gasteiger partial charge on any atom is -0.384 e. The number of hydrogen-bond acceptors (Lipinski definition) is 7. The Labute approximate surface area is 186 Å². The fraction of sp³-hybridized carbons (Fsp3) is 0.304. The topological polar surface area (TPSA) is 90.0 Å². The SMILES string of the molecule is COCCc1nc2c(N)nc3ccccc3c2n1CCCCNSNc1ccccc1. The monoisotopic (exact) mass is 436 g/mol. The van der Waals surface area contributed by atoms with Crippen molar-refractivity contribution in [2.24, 2.45) is 0 Å². The van der Waals surface area contributed by atoms with E-state index in [9.17, 15) is 0 Å². The Kier molecular flexibility index (Phi) is 7.24. The number of nitrogen functional groups attached to an aromatic ring is 1. The van der Waals surface area contributed by atoms with Gasteiger partial charge in [-0.3, -0.25) is 0 Å². The van der Waals surface area contributed by atoms with Gasteiger partial charge in [-0.25, -0.2) is 14.7 Å². The van der Waals surface area contributed by atoms with E-state index in [4.69, 9.17) is 15.5 Å². The van der Waals surface area contributed by atoms with Crippen molar-refractivity contribution in [2.45, 2.75) is 25.8 Å². The lowest BCUT2D eigenvalue weighted by Gasteiger charge is -2.11. The number of imidazole rings is 1. The second-order valence-corrected chi connectivity index (χ2v) is 8.00. The molecule has 2 aromatic carbocycles.